The number of rotatable bonds is 5. The van der Waals surface area contributed by atoms with Crippen LogP contribution in [0.1, 0.15) is 0 Å². The molecular weight excluding hydrogens is 660 g/mol. The lowest BCUT2D eigenvalue weighted by Crippen LogP contribution is -2.09. The molecule has 2 nitrogen and oxygen atoms in total. The van der Waals surface area contributed by atoms with Crippen LogP contribution < -0.4 is 4.90 Å². The van der Waals surface area contributed by atoms with Gasteiger partial charge in [-0.2, -0.15) is 0 Å². The van der Waals surface area contributed by atoms with Crippen molar-refractivity contribution in [1.82, 2.24) is 4.57 Å². The first-order valence-electron chi connectivity index (χ1n) is 16.6. The fourth-order valence-electron chi connectivity index (χ4n) is 7.79. The highest BCUT2D eigenvalue weighted by molar-refractivity contribution is 9.10. The first-order valence-corrected chi connectivity index (χ1v) is 17.4. The van der Waals surface area contributed by atoms with E-state index in [2.05, 4.69) is 201 Å². The number of hydrogen-bond donors (Lipinski definition) is 0. The van der Waals surface area contributed by atoms with Gasteiger partial charge < -0.3 is 9.47 Å². The average Bonchev–Trinajstić information content (AvgIpc) is 3.49. The molecule has 0 amide bonds. The first-order chi connectivity index (χ1) is 24.2. The monoisotopic (exact) mass is 688 g/mol. The Balaban J connectivity index is 1.24. The molecule has 9 aromatic carbocycles. The molecule has 0 saturated heterocycles. The van der Waals surface area contributed by atoms with Gasteiger partial charge in [0.1, 0.15) is 0 Å². The SMILES string of the molecule is Brc1ccc2ccc3c(-c4ccc5c(c4)c4cc(N(c6ccccc6)c6ccccc6)ccc4n5-c4ccccc4)ccc4ccc1c2c43. The summed E-state index contributed by atoms with van der Waals surface area (Å²) in [5.74, 6) is 0. The quantitative estimate of drug-likeness (QED) is 0.163. The molecular formula is C46H29BrN2. The summed E-state index contributed by atoms with van der Waals surface area (Å²) in [5, 5.41) is 10.2. The van der Waals surface area contributed by atoms with E-state index in [-0.39, 0.29) is 0 Å². The highest BCUT2D eigenvalue weighted by atomic mass is 79.9. The fourth-order valence-corrected chi connectivity index (χ4v) is 8.25. The minimum atomic E-state index is 1.12. The Morgan fingerprint density at radius 1 is 0.408 bits per heavy atom. The molecule has 10 aromatic rings. The number of nitrogens with zero attached hydrogens (tertiary/aromatic N) is 2. The molecule has 10 rings (SSSR count). The zero-order valence-electron chi connectivity index (χ0n) is 26.5. The maximum Gasteiger partial charge on any atom is 0.0542 e. The van der Waals surface area contributed by atoms with Gasteiger partial charge in [-0.05, 0) is 116 Å². The maximum absolute atomic E-state index is 3.82. The van der Waals surface area contributed by atoms with Gasteiger partial charge in [0, 0.05) is 38.0 Å². The summed E-state index contributed by atoms with van der Waals surface area (Å²) in [5.41, 5.74) is 9.36. The summed E-state index contributed by atoms with van der Waals surface area (Å²) >= 11 is 3.82. The normalized spacial score (nSPS) is 11.8. The zero-order valence-corrected chi connectivity index (χ0v) is 28.1. The molecule has 230 valence electrons. The molecule has 0 fully saturated rings. The summed E-state index contributed by atoms with van der Waals surface area (Å²) in [6.45, 7) is 0. The summed E-state index contributed by atoms with van der Waals surface area (Å²) in [6.07, 6.45) is 0. The van der Waals surface area contributed by atoms with Gasteiger partial charge >= 0.3 is 0 Å². The van der Waals surface area contributed by atoms with Gasteiger partial charge in [0.05, 0.1) is 11.0 Å². The van der Waals surface area contributed by atoms with Gasteiger partial charge in [0.2, 0.25) is 0 Å². The standard InChI is InChI=1S/C46H29BrN2/c47-42-25-19-31-17-23-38-37(22-16-30-18-24-39(42)46(31)45(30)38)32-20-26-43-40(28-32)41-29-36(21-27-44(41)49(43)35-14-8-3-9-15-35)48(33-10-4-1-5-11-33)34-12-6-2-7-13-34/h1-29H. The van der Waals surface area contributed by atoms with Crippen LogP contribution in [-0.4, -0.2) is 4.57 Å². The number of fused-ring (bicyclic) bond motifs is 3. The van der Waals surface area contributed by atoms with Crippen molar-refractivity contribution < 1.29 is 0 Å². The van der Waals surface area contributed by atoms with Crippen molar-refractivity contribution in [3.05, 3.63) is 180 Å². The summed E-state index contributed by atoms with van der Waals surface area (Å²) in [4.78, 5) is 2.34. The van der Waals surface area contributed by atoms with E-state index in [0.717, 1.165) is 27.2 Å². The number of anilines is 3. The minimum absolute atomic E-state index is 1.12. The molecule has 0 aliphatic carbocycles. The van der Waals surface area contributed by atoms with Crippen LogP contribution in [0.15, 0.2) is 180 Å². The number of para-hydroxylation sites is 3. The smallest absolute Gasteiger partial charge is 0.0542 e. The molecule has 0 aliphatic heterocycles. The molecule has 0 spiro atoms. The van der Waals surface area contributed by atoms with E-state index >= 15 is 0 Å². The Morgan fingerprint density at radius 3 is 1.65 bits per heavy atom. The van der Waals surface area contributed by atoms with Crippen molar-refractivity contribution in [2.75, 3.05) is 4.90 Å². The molecule has 1 heterocycles. The molecule has 0 unspecified atom stereocenters. The van der Waals surface area contributed by atoms with Crippen LogP contribution >= 0.6 is 15.9 Å². The second kappa shape index (κ2) is 11.1. The van der Waals surface area contributed by atoms with Crippen LogP contribution in [0.25, 0.3) is 70.9 Å². The predicted octanol–water partition coefficient (Wildman–Crippen LogP) is 13.6. The average molecular weight is 690 g/mol. The Bertz CT molecular complexity index is 2780. The van der Waals surface area contributed by atoms with E-state index in [1.165, 1.54) is 65.3 Å². The second-order valence-corrected chi connectivity index (χ2v) is 13.5. The molecule has 0 aliphatic rings. The number of halogens is 1. The van der Waals surface area contributed by atoms with E-state index < -0.39 is 0 Å². The van der Waals surface area contributed by atoms with E-state index in [1.54, 1.807) is 0 Å². The molecule has 3 heteroatoms. The topological polar surface area (TPSA) is 8.17 Å². The lowest BCUT2D eigenvalue weighted by Gasteiger charge is -2.25. The van der Waals surface area contributed by atoms with E-state index in [9.17, 15) is 0 Å². The highest BCUT2D eigenvalue weighted by Crippen LogP contribution is 2.44. The summed E-state index contributed by atoms with van der Waals surface area (Å²) in [7, 11) is 0. The van der Waals surface area contributed by atoms with Crippen LogP contribution in [0.2, 0.25) is 0 Å². The third-order valence-corrected chi connectivity index (χ3v) is 10.7. The fraction of sp³-hybridized carbons (Fsp3) is 0. The van der Waals surface area contributed by atoms with E-state index in [4.69, 9.17) is 0 Å². The molecule has 0 atom stereocenters. The largest absolute Gasteiger partial charge is 0.310 e. The third-order valence-electron chi connectivity index (χ3n) is 9.97. The van der Waals surface area contributed by atoms with Crippen molar-refractivity contribution in [2.45, 2.75) is 0 Å². The Kier molecular flexibility index (Phi) is 6.37. The molecule has 0 radical (unpaired) electrons. The van der Waals surface area contributed by atoms with E-state index in [1.807, 2.05) is 0 Å². The van der Waals surface area contributed by atoms with Crippen molar-refractivity contribution in [3.8, 4) is 16.8 Å². The number of aromatic nitrogens is 1. The van der Waals surface area contributed by atoms with Gasteiger partial charge in [-0.25, -0.2) is 0 Å². The predicted molar refractivity (Wildman–Crippen MR) is 212 cm³/mol. The third kappa shape index (κ3) is 4.40. The van der Waals surface area contributed by atoms with Crippen molar-refractivity contribution >= 4 is 87.1 Å². The highest BCUT2D eigenvalue weighted by Gasteiger charge is 2.19. The van der Waals surface area contributed by atoms with Crippen LogP contribution in [0.3, 0.4) is 0 Å². The lowest BCUT2D eigenvalue weighted by atomic mass is 9.89. The maximum atomic E-state index is 3.82. The summed E-state index contributed by atoms with van der Waals surface area (Å²) < 4.78 is 3.53. The van der Waals surface area contributed by atoms with E-state index in [0.29, 0.717) is 0 Å². The lowest BCUT2D eigenvalue weighted by molar-refractivity contribution is 1.18. The van der Waals surface area contributed by atoms with Crippen molar-refractivity contribution in [2.24, 2.45) is 0 Å². The van der Waals surface area contributed by atoms with Gasteiger partial charge in [-0.3, -0.25) is 0 Å². The van der Waals surface area contributed by atoms with Crippen LogP contribution in [0.5, 0.6) is 0 Å². The van der Waals surface area contributed by atoms with Gasteiger partial charge in [-0.15, -0.1) is 0 Å². The molecule has 0 N–H and O–H groups in total. The Hall–Kier alpha value is -5.90. The second-order valence-electron chi connectivity index (χ2n) is 12.7. The van der Waals surface area contributed by atoms with Crippen molar-refractivity contribution in [3.63, 3.8) is 0 Å². The zero-order chi connectivity index (χ0) is 32.5. The molecule has 0 bridgehead atoms. The molecule has 49 heavy (non-hydrogen) atoms. The van der Waals surface area contributed by atoms with Crippen molar-refractivity contribution in [1.29, 1.82) is 0 Å². The van der Waals surface area contributed by atoms with Gasteiger partial charge in [-0.1, -0.05) is 119 Å². The Morgan fingerprint density at radius 2 is 0.959 bits per heavy atom. The number of benzene rings is 9. The molecule has 0 saturated carbocycles. The minimum Gasteiger partial charge on any atom is -0.310 e. The Labute approximate surface area is 292 Å². The summed E-state index contributed by atoms with van der Waals surface area (Å²) in [6, 6.07) is 63.9. The molecule has 1 aromatic heterocycles. The first kappa shape index (κ1) is 28.1. The number of hydrogen-bond acceptors (Lipinski definition) is 1. The van der Waals surface area contributed by atoms with Crippen LogP contribution in [-0.2, 0) is 0 Å². The van der Waals surface area contributed by atoms with Gasteiger partial charge in [0.15, 0.2) is 0 Å². The van der Waals surface area contributed by atoms with Gasteiger partial charge in [0.25, 0.3) is 0 Å². The van der Waals surface area contributed by atoms with Crippen LogP contribution in [0, 0.1) is 0 Å². The van der Waals surface area contributed by atoms with Crippen LogP contribution in [0.4, 0.5) is 17.1 Å².